The second-order valence-electron chi connectivity index (χ2n) is 7.17. The number of amides is 1. The summed E-state index contributed by atoms with van der Waals surface area (Å²) in [4.78, 5) is 13.9. The molecule has 4 rings (SSSR count). The molecule has 2 aromatic carbocycles. The number of carbonyl (C=O) groups is 1. The molecule has 30 heavy (non-hydrogen) atoms. The van der Waals surface area contributed by atoms with E-state index in [2.05, 4.69) is 0 Å². The van der Waals surface area contributed by atoms with E-state index >= 15 is 0 Å². The Morgan fingerprint density at radius 2 is 1.90 bits per heavy atom. The highest BCUT2D eigenvalue weighted by Crippen LogP contribution is 2.34. The van der Waals surface area contributed by atoms with Gasteiger partial charge in [0.05, 0.1) is 10.6 Å². The summed E-state index contributed by atoms with van der Waals surface area (Å²) in [6.45, 7) is 0.562. The Kier molecular flexibility index (Phi) is 5.71. The lowest BCUT2D eigenvalue weighted by Gasteiger charge is -2.39. The van der Waals surface area contributed by atoms with Gasteiger partial charge in [0.2, 0.25) is 10.0 Å². The van der Waals surface area contributed by atoms with Gasteiger partial charge < -0.3 is 9.94 Å². The number of carbonyl (C=O) groups excluding carboxylic acids is 1. The van der Waals surface area contributed by atoms with Crippen LogP contribution in [0.5, 0.6) is 0 Å². The van der Waals surface area contributed by atoms with Crippen molar-refractivity contribution in [2.75, 3.05) is 18.0 Å². The lowest BCUT2D eigenvalue weighted by atomic mass is 10.0. The van der Waals surface area contributed by atoms with E-state index in [9.17, 15) is 18.4 Å². The Morgan fingerprint density at radius 3 is 2.60 bits per heavy atom. The minimum absolute atomic E-state index is 0.0572. The van der Waals surface area contributed by atoms with Crippen LogP contribution in [-0.2, 0) is 21.4 Å². The van der Waals surface area contributed by atoms with Crippen LogP contribution in [0.3, 0.4) is 0 Å². The third kappa shape index (κ3) is 3.89. The minimum atomic E-state index is -3.83. The van der Waals surface area contributed by atoms with E-state index in [0.29, 0.717) is 17.9 Å². The summed E-state index contributed by atoms with van der Waals surface area (Å²) in [5, 5.41) is 19.6. The van der Waals surface area contributed by atoms with Gasteiger partial charge in [-0.15, -0.1) is 0 Å². The first-order chi connectivity index (χ1) is 14.3. The molecule has 2 aliphatic heterocycles. The summed E-state index contributed by atoms with van der Waals surface area (Å²) in [5.41, 5.74) is 1.45. The van der Waals surface area contributed by atoms with Crippen molar-refractivity contribution in [3.8, 4) is 0 Å². The fraction of sp³-hybridized carbons (Fsp3) is 0.316. The molecule has 2 aliphatic rings. The first-order valence-electron chi connectivity index (χ1n) is 9.35. The van der Waals surface area contributed by atoms with Gasteiger partial charge in [0.25, 0.3) is 0 Å². The Labute approximate surface area is 178 Å². The molecular formula is C19H20ClN3O6S. The lowest BCUT2D eigenvalue weighted by Crippen LogP contribution is -2.99. The van der Waals surface area contributed by atoms with Gasteiger partial charge in [-0.25, -0.2) is 18.4 Å². The van der Waals surface area contributed by atoms with Crippen molar-refractivity contribution in [2.45, 2.75) is 30.4 Å². The van der Waals surface area contributed by atoms with Crippen LogP contribution in [-0.4, -0.2) is 43.2 Å². The van der Waals surface area contributed by atoms with Crippen molar-refractivity contribution in [3.05, 3.63) is 58.3 Å². The Morgan fingerprint density at radius 1 is 1.17 bits per heavy atom. The van der Waals surface area contributed by atoms with Crippen molar-refractivity contribution in [1.29, 1.82) is 0 Å². The molecule has 0 aliphatic carbocycles. The number of rotatable bonds is 4. The maximum Gasteiger partial charge on any atom is 0.414 e. The van der Waals surface area contributed by atoms with Crippen LogP contribution in [0.1, 0.15) is 18.4 Å². The van der Waals surface area contributed by atoms with Gasteiger partial charge in [-0.1, -0.05) is 17.7 Å². The van der Waals surface area contributed by atoms with Crippen LogP contribution in [0.4, 0.5) is 16.2 Å². The van der Waals surface area contributed by atoms with Crippen molar-refractivity contribution < 1.29 is 28.4 Å². The van der Waals surface area contributed by atoms with Crippen molar-refractivity contribution in [3.63, 3.8) is 0 Å². The van der Waals surface area contributed by atoms with E-state index in [0.717, 1.165) is 17.3 Å². The van der Waals surface area contributed by atoms with Gasteiger partial charge in [-0.3, -0.25) is 4.90 Å². The number of cyclic esters (lactones) is 1. The van der Waals surface area contributed by atoms with Gasteiger partial charge in [-0.05, 0) is 37.1 Å². The number of ether oxygens (including phenoxy) is 1. The van der Waals surface area contributed by atoms with E-state index in [-0.39, 0.29) is 36.3 Å². The van der Waals surface area contributed by atoms with Crippen molar-refractivity contribution >= 4 is 39.1 Å². The summed E-state index contributed by atoms with van der Waals surface area (Å²) in [6, 6.07) is 10.3. The predicted molar refractivity (Wildman–Crippen MR) is 108 cm³/mol. The van der Waals surface area contributed by atoms with E-state index in [4.69, 9.17) is 21.5 Å². The van der Waals surface area contributed by atoms with Crippen LogP contribution in [0.2, 0.25) is 5.02 Å². The zero-order chi connectivity index (χ0) is 21.5. The number of hydrogen-bond acceptors (Lipinski definition) is 6. The molecule has 9 nitrogen and oxygen atoms in total. The topological polar surface area (TPSA) is 115 Å². The molecule has 2 heterocycles. The summed E-state index contributed by atoms with van der Waals surface area (Å²) in [5.74, 6) is 0. The second kappa shape index (κ2) is 8.14. The first kappa shape index (κ1) is 21.0. The standard InChI is InChI=1S/C19H20ClN3O6S/c20-14-4-5-18-13(10-14)12-29-19(24)22(18)15-6-8-21(9-7-15)30(27,28)17-3-1-2-16(11-17)23(25)26/h1-5,10-11,15,23,25H,6-9,12H2. The molecule has 1 fully saturated rings. The number of nitrogens with one attached hydrogen (secondary N) is 1. The minimum Gasteiger partial charge on any atom is -0.595 e. The summed E-state index contributed by atoms with van der Waals surface area (Å²) >= 11 is 6.04. The van der Waals surface area contributed by atoms with Gasteiger partial charge >= 0.3 is 6.09 Å². The molecule has 2 aromatic rings. The third-order valence-corrected chi connectivity index (χ3v) is 7.49. The molecule has 1 saturated heterocycles. The van der Waals surface area contributed by atoms with Crippen LogP contribution in [0.15, 0.2) is 47.4 Å². The molecule has 0 aromatic heterocycles. The Bertz CT molecular complexity index is 1070. The number of sulfonamides is 1. The summed E-state index contributed by atoms with van der Waals surface area (Å²) < 4.78 is 32.5. The highest BCUT2D eigenvalue weighted by molar-refractivity contribution is 7.89. The molecule has 1 amide bonds. The molecule has 0 radical (unpaired) electrons. The number of nitrogens with zero attached hydrogens (tertiary/aromatic N) is 2. The maximum atomic E-state index is 13.0. The molecule has 0 saturated carbocycles. The SMILES string of the molecule is O=C1OCc2cc(Cl)ccc2N1C1CCN(S(=O)(=O)c2cccc([NH+]([O-])O)c2)CC1. The zero-order valence-corrected chi connectivity index (χ0v) is 17.4. The number of piperidine rings is 1. The maximum absolute atomic E-state index is 13.0. The van der Waals surface area contributed by atoms with Crippen molar-refractivity contribution in [1.82, 2.24) is 4.31 Å². The van der Waals surface area contributed by atoms with Gasteiger partial charge in [0.15, 0.2) is 5.69 Å². The monoisotopic (exact) mass is 453 g/mol. The Balaban J connectivity index is 1.52. The van der Waals surface area contributed by atoms with Gasteiger partial charge in [0, 0.05) is 41.9 Å². The number of halogens is 1. The quantitative estimate of drug-likeness (QED) is 0.685. The molecular weight excluding hydrogens is 434 g/mol. The number of fused-ring (bicyclic) bond motifs is 1. The second-order valence-corrected chi connectivity index (χ2v) is 9.54. The molecule has 11 heteroatoms. The molecule has 2 N–H and O–H groups in total. The number of benzene rings is 2. The molecule has 0 spiro atoms. The van der Waals surface area contributed by atoms with Crippen LogP contribution >= 0.6 is 11.6 Å². The average molecular weight is 454 g/mol. The molecule has 160 valence electrons. The van der Waals surface area contributed by atoms with Crippen LogP contribution in [0, 0.1) is 5.21 Å². The van der Waals surface area contributed by atoms with Gasteiger partial charge in [-0.2, -0.15) is 9.53 Å². The zero-order valence-electron chi connectivity index (χ0n) is 15.8. The molecule has 1 unspecified atom stereocenters. The largest absolute Gasteiger partial charge is 0.595 e. The van der Waals surface area contributed by atoms with E-state index < -0.39 is 21.3 Å². The Hall–Kier alpha value is -2.21. The summed E-state index contributed by atoms with van der Waals surface area (Å²) in [6.07, 6.45) is 0.393. The number of hydrogen-bond donors (Lipinski definition) is 2. The normalized spacial score (nSPS) is 19.3. The fourth-order valence-electron chi connectivity index (χ4n) is 3.84. The van der Waals surface area contributed by atoms with E-state index in [1.54, 1.807) is 23.1 Å². The predicted octanol–water partition coefficient (Wildman–Crippen LogP) is 2.05. The number of quaternary nitrogens is 1. The van der Waals surface area contributed by atoms with Crippen LogP contribution < -0.4 is 10.1 Å². The van der Waals surface area contributed by atoms with E-state index in [1.807, 2.05) is 0 Å². The third-order valence-electron chi connectivity index (χ3n) is 5.36. The average Bonchev–Trinajstić information content (AvgIpc) is 2.74. The first-order valence-corrected chi connectivity index (χ1v) is 11.2. The molecule has 1 atom stereocenters. The molecule has 0 bridgehead atoms. The highest BCUT2D eigenvalue weighted by atomic mass is 35.5. The van der Waals surface area contributed by atoms with Crippen molar-refractivity contribution in [2.24, 2.45) is 0 Å². The fourth-order valence-corrected chi connectivity index (χ4v) is 5.55. The van der Waals surface area contributed by atoms with Gasteiger partial charge in [0.1, 0.15) is 6.61 Å². The van der Waals surface area contributed by atoms with E-state index in [1.165, 1.54) is 22.5 Å². The lowest BCUT2D eigenvalue weighted by molar-refractivity contribution is -0.991. The highest BCUT2D eigenvalue weighted by Gasteiger charge is 2.37. The van der Waals surface area contributed by atoms with Crippen LogP contribution in [0.25, 0.3) is 0 Å². The number of anilines is 1. The summed E-state index contributed by atoms with van der Waals surface area (Å²) in [7, 11) is -3.83. The smallest absolute Gasteiger partial charge is 0.414 e.